The van der Waals surface area contributed by atoms with Crippen LogP contribution in [-0.4, -0.2) is 30.3 Å². The van der Waals surface area contributed by atoms with Gasteiger partial charge in [0.15, 0.2) is 5.65 Å². The quantitative estimate of drug-likeness (QED) is 0.465. The maximum absolute atomic E-state index is 13.5. The zero-order chi connectivity index (χ0) is 22.5. The smallest absolute Gasteiger partial charge is 0.319 e. The number of halogens is 4. The van der Waals surface area contributed by atoms with E-state index in [0.29, 0.717) is 27.5 Å². The van der Waals surface area contributed by atoms with Gasteiger partial charge < -0.3 is 5.32 Å². The Hall–Kier alpha value is -3.40. The van der Waals surface area contributed by atoms with E-state index in [2.05, 4.69) is 20.5 Å². The van der Waals surface area contributed by atoms with Crippen molar-refractivity contribution >= 4 is 28.8 Å². The fourth-order valence-corrected chi connectivity index (χ4v) is 3.55. The van der Waals surface area contributed by atoms with Gasteiger partial charge in [0.05, 0.1) is 24.6 Å². The number of rotatable bonds is 5. The Morgan fingerprint density at radius 3 is 2.59 bits per heavy atom. The highest BCUT2D eigenvalue weighted by atomic mass is 35.5. The van der Waals surface area contributed by atoms with Crippen LogP contribution in [0.3, 0.4) is 0 Å². The third-order valence-corrected chi connectivity index (χ3v) is 5.42. The summed E-state index contributed by atoms with van der Waals surface area (Å²) in [5.41, 5.74) is 0.595. The summed E-state index contributed by atoms with van der Waals surface area (Å²) in [5, 5.41) is 11.3. The molecule has 0 radical (unpaired) electrons. The molecular formula is C21H16ClF3N6O. The molecule has 1 saturated carbocycles. The van der Waals surface area contributed by atoms with Crippen LogP contribution in [0.4, 0.5) is 18.9 Å². The number of carbonyl (C=O) groups excluding carboxylic acids is 1. The molecule has 164 valence electrons. The zero-order valence-corrected chi connectivity index (χ0v) is 17.2. The average molecular weight is 461 g/mol. The van der Waals surface area contributed by atoms with E-state index in [0.717, 1.165) is 30.7 Å². The second-order valence-corrected chi connectivity index (χ2v) is 8.08. The van der Waals surface area contributed by atoms with Crippen LogP contribution in [0.15, 0.2) is 48.9 Å². The second kappa shape index (κ2) is 7.63. The summed E-state index contributed by atoms with van der Waals surface area (Å²) in [5.74, 6) is -0.627. The summed E-state index contributed by atoms with van der Waals surface area (Å²) >= 11 is 5.89. The van der Waals surface area contributed by atoms with Crippen LogP contribution < -0.4 is 5.32 Å². The van der Waals surface area contributed by atoms with Gasteiger partial charge in [0.2, 0.25) is 0 Å². The minimum atomic E-state index is -4.62. The zero-order valence-electron chi connectivity index (χ0n) is 16.5. The molecule has 0 bridgehead atoms. The van der Waals surface area contributed by atoms with Crippen LogP contribution in [0.5, 0.6) is 0 Å². The minimum Gasteiger partial charge on any atom is -0.319 e. The van der Waals surface area contributed by atoms with Gasteiger partial charge in [0.1, 0.15) is 11.3 Å². The monoisotopic (exact) mass is 460 g/mol. The molecule has 1 N–H and O–H groups in total. The lowest BCUT2D eigenvalue weighted by atomic mass is 10.2. The maximum Gasteiger partial charge on any atom is 0.433 e. The lowest BCUT2D eigenvalue weighted by Crippen LogP contribution is -2.16. The fourth-order valence-electron chi connectivity index (χ4n) is 3.42. The number of anilines is 1. The number of alkyl halides is 3. The van der Waals surface area contributed by atoms with Gasteiger partial charge in [0.25, 0.3) is 5.91 Å². The van der Waals surface area contributed by atoms with E-state index in [-0.39, 0.29) is 17.1 Å². The molecule has 0 atom stereocenters. The number of benzene rings is 1. The lowest BCUT2D eigenvalue weighted by molar-refractivity contribution is -0.142. The van der Waals surface area contributed by atoms with Crippen molar-refractivity contribution in [3.8, 4) is 0 Å². The Balaban J connectivity index is 1.40. The lowest BCUT2D eigenvalue weighted by Gasteiger charge is -2.11. The van der Waals surface area contributed by atoms with Crippen molar-refractivity contribution in [2.24, 2.45) is 0 Å². The van der Waals surface area contributed by atoms with E-state index in [9.17, 15) is 18.0 Å². The summed E-state index contributed by atoms with van der Waals surface area (Å²) in [4.78, 5) is 17.1. The summed E-state index contributed by atoms with van der Waals surface area (Å²) < 4.78 is 42.9. The van der Waals surface area contributed by atoms with Crippen LogP contribution >= 0.6 is 11.6 Å². The predicted molar refractivity (Wildman–Crippen MR) is 111 cm³/mol. The highest BCUT2D eigenvalue weighted by molar-refractivity contribution is 6.30. The molecule has 1 aliphatic carbocycles. The molecule has 1 fully saturated rings. The first kappa shape index (κ1) is 20.5. The van der Waals surface area contributed by atoms with E-state index in [1.54, 1.807) is 23.0 Å². The highest BCUT2D eigenvalue weighted by Crippen LogP contribution is 2.41. The number of amides is 1. The molecule has 1 aromatic carbocycles. The molecule has 3 aromatic heterocycles. The van der Waals surface area contributed by atoms with Crippen LogP contribution in [-0.2, 0) is 12.7 Å². The molecule has 0 spiro atoms. The van der Waals surface area contributed by atoms with Crippen LogP contribution in [0.1, 0.15) is 46.1 Å². The Morgan fingerprint density at radius 2 is 1.91 bits per heavy atom. The Morgan fingerprint density at radius 1 is 1.16 bits per heavy atom. The van der Waals surface area contributed by atoms with Crippen molar-refractivity contribution in [1.29, 1.82) is 0 Å². The van der Waals surface area contributed by atoms with Crippen molar-refractivity contribution in [3.63, 3.8) is 0 Å². The number of carbonyl (C=O) groups is 1. The maximum atomic E-state index is 13.5. The number of aromatic nitrogens is 5. The largest absolute Gasteiger partial charge is 0.433 e. The highest BCUT2D eigenvalue weighted by Gasteiger charge is 2.38. The number of nitrogens with one attached hydrogen (secondary N) is 1. The Labute approximate surface area is 184 Å². The molecule has 4 aromatic rings. The summed E-state index contributed by atoms with van der Waals surface area (Å²) in [6.45, 7) is 0.463. The van der Waals surface area contributed by atoms with Gasteiger partial charge in [-0.25, -0.2) is 9.50 Å². The van der Waals surface area contributed by atoms with E-state index in [1.165, 1.54) is 6.20 Å². The summed E-state index contributed by atoms with van der Waals surface area (Å²) in [6.07, 6.45) is 1.13. The van der Waals surface area contributed by atoms with Gasteiger partial charge in [-0.15, -0.1) is 0 Å². The average Bonchev–Trinajstić information content (AvgIpc) is 3.36. The Kier molecular flexibility index (Phi) is 4.89. The fraction of sp³-hybridized carbons (Fsp3) is 0.238. The van der Waals surface area contributed by atoms with E-state index in [4.69, 9.17) is 11.6 Å². The predicted octanol–water partition coefficient (Wildman–Crippen LogP) is 4.78. The molecule has 7 nitrogen and oxygen atoms in total. The van der Waals surface area contributed by atoms with Gasteiger partial charge in [-0.2, -0.15) is 23.4 Å². The summed E-state index contributed by atoms with van der Waals surface area (Å²) in [7, 11) is 0. The standard InChI is InChI=1S/C21H16ClF3N6O/c22-14-5-1-12(2-6-14)10-30-11-15(8-26-30)28-20(32)16-9-27-31-18(21(23,24)25)7-17(13-3-4-13)29-19(16)31/h1-2,5-9,11,13H,3-4,10H2,(H,28,32). The van der Waals surface area contributed by atoms with E-state index < -0.39 is 17.8 Å². The van der Waals surface area contributed by atoms with Gasteiger partial charge in [-0.05, 0) is 36.6 Å². The van der Waals surface area contributed by atoms with Gasteiger partial charge in [0, 0.05) is 22.8 Å². The first-order chi connectivity index (χ1) is 15.3. The second-order valence-electron chi connectivity index (χ2n) is 7.64. The molecule has 0 aliphatic heterocycles. The normalized spacial score (nSPS) is 14.1. The third-order valence-electron chi connectivity index (χ3n) is 5.17. The molecular weight excluding hydrogens is 445 g/mol. The van der Waals surface area contributed by atoms with E-state index in [1.807, 2.05) is 12.1 Å². The molecule has 1 aliphatic rings. The number of hydrogen-bond donors (Lipinski definition) is 1. The van der Waals surface area contributed by atoms with Crippen molar-refractivity contribution < 1.29 is 18.0 Å². The topological polar surface area (TPSA) is 77.1 Å². The molecule has 3 heterocycles. The van der Waals surface area contributed by atoms with E-state index >= 15 is 0 Å². The van der Waals surface area contributed by atoms with Crippen LogP contribution in [0.2, 0.25) is 5.02 Å². The minimum absolute atomic E-state index is 0.0157. The van der Waals surface area contributed by atoms with Gasteiger partial charge in [-0.1, -0.05) is 23.7 Å². The summed E-state index contributed by atoms with van der Waals surface area (Å²) in [6, 6.07) is 8.28. The van der Waals surface area contributed by atoms with Crippen LogP contribution in [0.25, 0.3) is 5.65 Å². The van der Waals surface area contributed by atoms with Crippen molar-refractivity contribution in [3.05, 3.63) is 76.5 Å². The number of hydrogen-bond acceptors (Lipinski definition) is 4. The SMILES string of the molecule is O=C(Nc1cnn(Cc2ccc(Cl)cc2)c1)c1cnn2c(C(F)(F)F)cc(C3CC3)nc12. The molecule has 32 heavy (non-hydrogen) atoms. The first-order valence-corrected chi connectivity index (χ1v) is 10.2. The molecule has 0 unspecified atom stereocenters. The first-order valence-electron chi connectivity index (χ1n) is 9.82. The molecule has 5 rings (SSSR count). The van der Waals surface area contributed by atoms with Gasteiger partial charge >= 0.3 is 6.18 Å². The van der Waals surface area contributed by atoms with Crippen molar-refractivity contribution in [2.45, 2.75) is 31.5 Å². The number of fused-ring (bicyclic) bond motifs is 1. The van der Waals surface area contributed by atoms with Crippen molar-refractivity contribution in [2.75, 3.05) is 5.32 Å². The van der Waals surface area contributed by atoms with Crippen molar-refractivity contribution in [1.82, 2.24) is 24.4 Å². The van der Waals surface area contributed by atoms with Gasteiger partial charge in [-0.3, -0.25) is 9.48 Å². The molecule has 11 heteroatoms. The molecule has 1 amide bonds. The van der Waals surface area contributed by atoms with Crippen LogP contribution in [0, 0.1) is 0 Å². The Bertz CT molecular complexity index is 1310. The molecule has 0 saturated heterocycles. The third kappa shape index (κ3) is 4.05. The number of nitrogens with zero attached hydrogens (tertiary/aromatic N) is 5.